The molecule has 0 bridgehead atoms. The van der Waals surface area contributed by atoms with Crippen molar-refractivity contribution in [2.75, 3.05) is 47.5 Å². The van der Waals surface area contributed by atoms with Crippen LogP contribution in [0.3, 0.4) is 0 Å². The van der Waals surface area contributed by atoms with E-state index in [1.165, 1.54) is 0 Å². The van der Waals surface area contributed by atoms with E-state index in [9.17, 15) is 24.2 Å². The molecule has 0 radical (unpaired) electrons. The summed E-state index contributed by atoms with van der Waals surface area (Å²) in [7, 11) is 1.06. The smallest absolute Gasteiger partial charge is 0.306 e. The van der Waals surface area contributed by atoms with Crippen LogP contribution in [0.2, 0.25) is 0 Å². The number of esters is 2. The summed E-state index contributed by atoms with van der Waals surface area (Å²) < 4.78 is 33.7. The third kappa shape index (κ3) is 42.6. The van der Waals surface area contributed by atoms with Gasteiger partial charge >= 0.3 is 11.9 Å². The summed E-state index contributed by atoms with van der Waals surface area (Å²) in [5, 5.41) is 10.0. The Morgan fingerprint density at radius 3 is 1.80 bits per heavy atom. The van der Waals surface area contributed by atoms with Crippen molar-refractivity contribution in [1.29, 1.82) is 0 Å². The second-order valence-electron chi connectivity index (χ2n) is 15.1. The van der Waals surface area contributed by atoms with Crippen LogP contribution in [-0.2, 0) is 32.7 Å². The molecule has 0 aromatic heterocycles. The Morgan fingerprint density at radius 2 is 1.17 bits per heavy atom. The first-order valence-corrected chi connectivity index (χ1v) is 23.2. The topological polar surface area (TPSA) is 131 Å². The van der Waals surface area contributed by atoms with E-state index in [1.54, 1.807) is 6.08 Å². The number of carbonyl (C=O) groups excluding carboxylic acids is 2. The number of likely N-dealkylation sites (N-methyl/N-ethyl adjacent to an activating group) is 1. The van der Waals surface area contributed by atoms with Crippen LogP contribution in [0.5, 0.6) is 0 Å². The Bertz CT molecular complexity index is 1380. The molecular weight excluding hydrogens is 766 g/mol. The molecule has 2 unspecified atom stereocenters. The molecule has 0 amide bonds. The fourth-order valence-electron chi connectivity index (χ4n) is 5.01. The normalized spacial score (nSPS) is 15.2. The highest BCUT2D eigenvalue weighted by Crippen LogP contribution is 2.38. The van der Waals surface area contributed by atoms with Gasteiger partial charge in [-0.15, -0.1) is 0 Å². The zero-order valence-corrected chi connectivity index (χ0v) is 37.9. The molecule has 0 aliphatic rings. The standard InChI is InChI=1S/C48H78NO9P/c1-6-8-10-12-14-15-16-17-18-19-20-25-28-32-36-40-48(52)58-46(44-57-59(53,54)56-42-41-49(3,4)5)43-55-47(51)39-35-31-27-24-22-21-23-26-30-34-38-45(50)37-33-29-13-11-9-7-2/h8-11,14-15,17-18,21-22,26-27,29-31,33-34,38,45-46,50H,6-7,12-13,16,19-20,23-25,28,32,35-37,39-44H2,1-5H3/b10-8-,11-9-,15-14-,18-17-,22-21-,30-26-,31-27-,33-29-,38-34+/t45?,46-/m1/s1. The molecule has 3 atom stereocenters. The van der Waals surface area contributed by atoms with Crippen LogP contribution in [0.1, 0.15) is 123 Å². The third-order valence-electron chi connectivity index (χ3n) is 8.38. The molecule has 11 heteroatoms. The van der Waals surface area contributed by atoms with E-state index in [4.69, 9.17) is 18.5 Å². The lowest BCUT2D eigenvalue weighted by atomic mass is 10.1. The minimum Gasteiger partial charge on any atom is -0.756 e. The monoisotopic (exact) mass is 844 g/mol. The van der Waals surface area contributed by atoms with Crippen molar-refractivity contribution in [3.63, 3.8) is 0 Å². The summed E-state index contributed by atoms with van der Waals surface area (Å²) in [5.74, 6) is -0.996. The molecule has 0 aliphatic heterocycles. The number of aliphatic hydroxyl groups excluding tert-OH is 1. The molecule has 0 saturated carbocycles. The van der Waals surface area contributed by atoms with Crippen molar-refractivity contribution in [2.24, 2.45) is 0 Å². The number of hydrogen-bond donors (Lipinski definition) is 1. The number of nitrogens with zero attached hydrogens (tertiary/aromatic N) is 1. The molecule has 0 spiro atoms. The summed E-state index contributed by atoms with van der Waals surface area (Å²) in [4.78, 5) is 37.5. The van der Waals surface area contributed by atoms with Crippen molar-refractivity contribution in [3.05, 3.63) is 109 Å². The van der Waals surface area contributed by atoms with Crippen LogP contribution >= 0.6 is 7.82 Å². The van der Waals surface area contributed by atoms with Gasteiger partial charge in [0.15, 0.2) is 6.10 Å². The Labute approximate surface area is 358 Å². The summed E-state index contributed by atoms with van der Waals surface area (Å²) in [5.41, 5.74) is 0. The lowest BCUT2D eigenvalue weighted by Gasteiger charge is -2.28. The van der Waals surface area contributed by atoms with Gasteiger partial charge < -0.3 is 33.0 Å². The van der Waals surface area contributed by atoms with Gasteiger partial charge in [-0.25, -0.2) is 0 Å². The zero-order valence-electron chi connectivity index (χ0n) is 37.0. The lowest BCUT2D eigenvalue weighted by Crippen LogP contribution is -2.37. The van der Waals surface area contributed by atoms with Crippen LogP contribution in [0.25, 0.3) is 0 Å². The molecule has 10 nitrogen and oxygen atoms in total. The average Bonchev–Trinajstić information content (AvgIpc) is 3.18. The highest BCUT2D eigenvalue weighted by atomic mass is 31.2. The van der Waals surface area contributed by atoms with Crippen LogP contribution in [0.15, 0.2) is 109 Å². The number of ether oxygens (including phenoxy) is 2. The van der Waals surface area contributed by atoms with E-state index in [2.05, 4.69) is 68.5 Å². The molecule has 1 N–H and O–H groups in total. The highest BCUT2D eigenvalue weighted by molar-refractivity contribution is 7.45. The first-order chi connectivity index (χ1) is 28.4. The maximum absolute atomic E-state index is 12.7. The molecule has 0 rings (SSSR count). The van der Waals surface area contributed by atoms with Gasteiger partial charge in [0, 0.05) is 12.8 Å². The molecule has 0 heterocycles. The Balaban J connectivity index is 4.59. The minimum atomic E-state index is -4.67. The van der Waals surface area contributed by atoms with E-state index >= 15 is 0 Å². The second kappa shape index (κ2) is 38.8. The largest absolute Gasteiger partial charge is 0.756 e. The SMILES string of the molecule is CC/C=C\C/C=C\C/C=C\CCCCCCCC(=O)O[C@H](COC(=O)CC/C=C\C/C=C\C/C=C\C=C\C(O)C/C=C\C/C=C\CC)COP(=O)([O-])OCC[N+](C)(C)C. The van der Waals surface area contributed by atoms with Crippen LogP contribution in [0.4, 0.5) is 0 Å². The number of phosphoric ester groups is 1. The van der Waals surface area contributed by atoms with Gasteiger partial charge in [-0.05, 0) is 77.0 Å². The summed E-state index contributed by atoms with van der Waals surface area (Å²) in [6.07, 6.45) is 48.7. The highest BCUT2D eigenvalue weighted by Gasteiger charge is 2.21. The Kier molecular flexibility index (Phi) is 36.6. The Hall–Kier alpha value is -3.37. The van der Waals surface area contributed by atoms with E-state index < -0.39 is 38.6 Å². The fourth-order valence-corrected chi connectivity index (χ4v) is 5.74. The molecule has 0 aromatic rings. The van der Waals surface area contributed by atoms with Gasteiger partial charge in [-0.1, -0.05) is 142 Å². The first-order valence-electron chi connectivity index (χ1n) is 21.7. The van der Waals surface area contributed by atoms with Crippen molar-refractivity contribution >= 4 is 19.8 Å². The average molecular weight is 844 g/mol. The first kappa shape index (κ1) is 55.6. The molecule has 59 heavy (non-hydrogen) atoms. The van der Waals surface area contributed by atoms with Crippen LogP contribution in [0, 0.1) is 0 Å². The number of rotatable bonds is 37. The fraction of sp³-hybridized carbons (Fsp3) is 0.583. The maximum atomic E-state index is 12.7. The van der Waals surface area contributed by atoms with Crippen LogP contribution in [-0.4, -0.2) is 81.2 Å². The van der Waals surface area contributed by atoms with Gasteiger partial charge in [0.05, 0.1) is 33.9 Å². The second-order valence-corrected chi connectivity index (χ2v) is 16.6. The van der Waals surface area contributed by atoms with Crippen molar-refractivity contribution < 1.29 is 47.2 Å². The van der Waals surface area contributed by atoms with Crippen molar-refractivity contribution in [3.8, 4) is 0 Å². The summed E-state index contributed by atoms with van der Waals surface area (Å²) in [6.45, 7) is 3.77. The number of carbonyl (C=O) groups is 2. The van der Waals surface area contributed by atoms with Crippen LogP contribution < -0.4 is 4.89 Å². The molecule has 0 fully saturated rings. The van der Waals surface area contributed by atoms with E-state index in [-0.39, 0.29) is 26.1 Å². The number of phosphoric acid groups is 1. The summed E-state index contributed by atoms with van der Waals surface area (Å²) >= 11 is 0. The van der Waals surface area contributed by atoms with Gasteiger partial charge in [-0.2, -0.15) is 0 Å². The van der Waals surface area contributed by atoms with Crippen molar-refractivity contribution in [1.82, 2.24) is 0 Å². The van der Waals surface area contributed by atoms with E-state index in [0.29, 0.717) is 36.7 Å². The maximum Gasteiger partial charge on any atom is 0.306 e. The number of quaternary nitrogens is 1. The minimum absolute atomic E-state index is 0.0608. The third-order valence-corrected chi connectivity index (χ3v) is 9.35. The Morgan fingerprint density at radius 1 is 0.627 bits per heavy atom. The predicted octanol–water partition coefficient (Wildman–Crippen LogP) is 10.7. The van der Waals surface area contributed by atoms with Gasteiger partial charge in [0.25, 0.3) is 7.82 Å². The quantitative estimate of drug-likeness (QED) is 0.0162. The zero-order chi connectivity index (χ0) is 43.7. The van der Waals surface area contributed by atoms with E-state index in [0.717, 1.165) is 70.6 Å². The number of allylic oxidation sites excluding steroid dienone is 16. The molecule has 0 aliphatic carbocycles. The van der Waals surface area contributed by atoms with Crippen molar-refractivity contribution in [2.45, 2.75) is 135 Å². The number of unbranched alkanes of at least 4 members (excludes halogenated alkanes) is 5. The predicted molar refractivity (Wildman–Crippen MR) is 241 cm³/mol. The van der Waals surface area contributed by atoms with Gasteiger partial charge in [0.2, 0.25) is 0 Å². The molecule has 334 valence electrons. The number of hydrogen-bond acceptors (Lipinski definition) is 9. The lowest BCUT2D eigenvalue weighted by molar-refractivity contribution is -0.870. The molecule has 0 aromatic carbocycles. The van der Waals surface area contributed by atoms with Gasteiger partial charge in [0.1, 0.15) is 19.8 Å². The van der Waals surface area contributed by atoms with Gasteiger partial charge in [-0.3, -0.25) is 14.2 Å². The number of aliphatic hydroxyl groups is 1. The van der Waals surface area contributed by atoms with E-state index in [1.807, 2.05) is 69.8 Å². The summed E-state index contributed by atoms with van der Waals surface area (Å²) in [6, 6.07) is 0. The molecular formula is C48H78NO9P. The molecule has 0 saturated heterocycles.